The molecule has 0 aromatic carbocycles. The van der Waals surface area contributed by atoms with Gasteiger partial charge in [0.05, 0.1) is 5.60 Å². The van der Waals surface area contributed by atoms with Crippen molar-refractivity contribution in [2.45, 2.75) is 37.7 Å². The Morgan fingerprint density at radius 3 is 2.80 bits per heavy atom. The first kappa shape index (κ1) is 5.59. The van der Waals surface area contributed by atoms with Crippen LogP contribution in [-0.4, -0.2) is 10.7 Å². The summed E-state index contributed by atoms with van der Waals surface area (Å²) in [5.41, 5.74) is -0.173. The molecule has 1 nitrogen and oxygen atoms in total. The highest BCUT2D eigenvalue weighted by atomic mass is 16.3. The molecule has 0 radical (unpaired) electrons. The van der Waals surface area contributed by atoms with E-state index < -0.39 is 0 Å². The van der Waals surface area contributed by atoms with Crippen molar-refractivity contribution in [2.24, 2.45) is 17.8 Å². The van der Waals surface area contributed by atoms with Gasteiger partial charge in [0.15, 0.2) is 0 Å². The van der Waals surface area contributed by atoms with Crippen LogP contribution in [0.25, 0.3) is 0 Å². The Morgan fingerprint density at radius 1 is 1.30 bits per heavy atom. The maximum Gasteiger partial charge on any atom is 0.0681 e. The summed E-state index contributed by atoms with van der Waals surface area (Å²) in [7, 11) is 0. The van der Waals surface area contributed by atoms with E-state index in [0.29, 0.717) is 0 Å². The zero-order valence-electron chi connectivity index (χ0n) is 6.21. The molecule has 3 saturated carbocycles. The lowest BCUT2D eigenvalue weighted by atomic mass is 9.85. The molecule has 3 rings (SSSR count). The van der Waals surface area contributed by atoms with Gasteiger partial charge >= 0.3 is 0 Å². The fourth-order valence-electron chi connectivity index (χ4n) is 3.76. The molecule has 0 aliphatic heterocycles. The van der Waals surface area contributed by atoms with Crippen molar-refractivity contribution in [3.05, 3.63) is 0 Å². The second-order valence-corrected chi connectivity index (χ2v) is 4.55. The van der Waals surface area contributed by atoms with E-state index in [1.165, 1.54) is 19.3 Å². The van der Waals surface area contributed by atoms with Crippen LogP contribution in [0.2, 0.25) is 0 Å². The Balaban J connectivity index is 2.05. The third-order valence-electron chi connectivity index (χ3n) is 4.07. The zero-order valence-corrected chi connectivity index (χ0v) is 6.21. The Morgan fingerprint density at radius 2 is 2.20 bits per heavy atom. The number of aliphatic hydroxyl groups is 1. The summed E-state index contributed by atoms with van der Waals surface area (Å²) in [4.78, 5) is 0. The molecule has 4 atom stereocenters. The first-order chi connectivity index (χ1) is 4.78. The van der Waals surface area contributed by atoms with Gasteiger partial charge in [0.2, 0.25) is 0 Å². The van der Waals surface area contributed by atoms with Gasteiger partial charge in [-0.05, 0) is 49.9 Å². The maximum absolute atomic E-state index is 10.0. The van der Waals surface area contributed by atoms with E-state index in [-0.39, 0.29) is 5.60 Å². The molecule has 0 unspecified atom stereocenters. The van der Waals surface area contributed by atoms with Crippen molar-refractivity contribution in [1.29, 1.82) is 0 Å². The van der Waals surface area contributed by atoms with E-state index in [0.717, 1.165) is 30.6 Å². The lowest BCUT2D eigenvalue weighted by molar-refractivity contribution is 0.00248. The average Bonchev–Trinajstić information content (AvgIpc) is 2.39. The van der Waals surface area contributed by atoms with Gasteiger partial charge in [0.25, 0.3) is 0 Å². The van der Waals surface area contributed by atoms with Crippen molar-refractivity contribution in [3.8, 4) is 0 Å². The highest BCUT2D eigenvalue weighted by Gasteiger charge is 2.58. The summed E-state index contributed by atoms with van der Waals surface area (Å²) in [6.07, 6.45) is 6.35. The quantitative estimate of drug-likeness (QED) is 0.538. The SMILES string of the molecule is O[C@@]12CC[C@@H]3C[C@@H](C[C@H]31)C2. The normalized spacial score (nSPS) is 63.9. The monoisotopic (exact) mass is 138 g/mol. The van der Waals surface area contributed by atoms with Crippen molar-refractivity contribution < 1.29 is 5.11 Å². The van der Waals surface area contributed by atoms with Gasteiger partial charge in [0, 0.05) is 0 Å². The summed E-state index contributed by atoms with van der Waals surface area (Å²) in [5, 5.41) is 10.0. The number of rotatable bonds is 0. The zero-order chi connectivity index (χ0) is 6.77. The third-order valence-corrected chi connectivity index (χ3v) is 4.07. The van der Waals surface area contributed by atoms with Crippen LogP contribution in [0.15, 0.2) is 0 Å². The molecule has 0 spiro atoms. The first-order valence-corrected chi connectivity index (χ1v) is 4.50. The van der Waals surface area contributed by atoms with Gasteiger partial charge in [-0.1, -0.05) is 0 Å². The van der Waals surface area contributed by atoms with Crippen molar-refractivity contribution >= 4 is 0 Å². The highest BCUT2D eigenvalue weighted by Crippen LogP contribution is 2.61. The van der Waals surface area contributed by atoms with Crippen LogP contribution in [0.3, 0.4) is 0 Å². The molecule has 0 aromatic heterocycles. The molecule has 0 amide bonds. The van der Waals surface area contributed by atoms with Crippen molar-refractivity contribution in [2.75, 3.05) is 0 Å². The van der Waals surface area contributed by atoms with E-state index in [1.54, 1.807) is 0 Å². The Bertz CT molecular complexity index is 178. The largest absolute Gasteiger partial charge is 0.390 e. The average molecular weight is 138 g/mol. The fraction of sp³-hybridized carbons (Fsp3) is 1.00. The third kappa shape index (κ3) is 0.460. The molecule has 0 saturated heterocycles. The Hall–Kier alpha value is -0.0400. The summed E-state index contributed by atoms with van der Waals surface area (Å²) in [6, 6.07) is 0. The van der Waals surface area contributed by atoms with E-state index in [9.17, 15) is 5.11 Å². The molecular weight excluding hydrogens is 124 g/mol. The molecule has 56 valence electrons. The maximum atomic E-state index is 10.0. The smallest absolute Gasteiger partial charge is 0.0681 e. The van der Waals surface area contributed by atoms with Crippen LogP contribution in [0, 0.1) is 17.8 Å². The van der Waals surface area contributed by atoms with E-state index in [4.69, 9.17) is 0 Å². The second-order valence-electron chi connectivity index (χ2n) is 4.55. The molecule has 2 bridgehead atoms. The molecule has 1 heteroatoms. The van der Waals surface area contributed by atoms with Gasteiger partial charge < -0.3 is 5.11 Å². The minimum Gasteiger partial charge on any atom is -0.390 e. The van der Waals surface area contributed by atoms with Crippen LogP contribution in [-0.2, 0) is 0 Å². The molecule has 10 heavy (non-hydrogen) atoms. The number of hydrogen-bond acceptors (Lipinski definition) is 1. The molecule has 0 aromatic rings. The molecular formula is C9H14O. The van der Waals surface area contributed by atoms with Crippen LogP contribution in [0.1, 0.15) is 32.1 Å². The minimum atomic E-state index is -0.173. The number of hydrogen-bond donors (Lipinski definition) is 1. The first-order valence-electron chi connectivity index (χ1n) is 4.50. The topological polar surface area (TPSA) is 20.2 Å². The van der Waals surface area contributed by atoms with Gasteiger partial charge in [-0.3, -0.25) is 0 Å². The lowest BCUT2D eigenvalue weighted by Crippen LogP contribution is -2.31. The molecule has 3 aliphatic carbocycles. The lowest BCUT2D eigenvalue weighted by Gasteiger charge is -2.27. The summed E-state index contributed by atoms with van der Waals surface area (Å²) in [5.74, 6) is 2.55. The van der Waals surface area contributed by atoms with E-state index in [2.05, 4.69) is 0 Å². The van der Waals surface area contributed by atoms with Crippen molar-refractivity contribution in [1.82, 2.24) is 0 Å². The minimum absolute atomic E-state index is 0.173. The summed E-state index contributed by atoms with van der Waals surface area (Å²) < 4.78 is 0. The highest BCUT2D eigenvalue weighted by molar-refractivity contribution is 5.09. The fourth-order valence-corrected chi connectivity index (χ4v) is 3.76. The van der Waals surface area contributed by atoms with Crippen LogP contribution in [0.4, 0.5) is 0 Å². The second kappa shape index (κ2) is 1.42. The van der Waals surface area contributed by atoms with Crippen molar-refractivity contribution in [3.63, 3.8) is 0 Å². The van der Waals surface area contributed by atoms with Gasteiger partial charge in [-0.25, -0.2) is 0 Å². The predicted molar refractivity (Wildman–Crippen MR) is 38.5 cm³/mol. The summed E-state index contributed by atoms with van der Waals surface area (Å²) in [6.45, 7) is 0. The molecule has 3 aliphatic rings. The van der Waals surface area contributed by atoms with E-state index in [1.807, 2.05) is 0 Å². The molecule has 3 fully saturated rings. The summed E-state index contributed by atoms with van der Waals surface area (Å²) >= 11 is 0. The van der Waals surface area contributed by atoms with Gasteiger partial charge in [-0.2, -0.15) is 0 Å². The molecule has 1 N–H and O–H groups in total. The van der Waals surface area contributed by atoms with Crippen LogP contribution in [0.5, 0.6) is 0 Å². The standard InChI is InChI=1S/C9H14O/c10-9-2-1-7-3-6(5-9)4-8(7)9/h6-8,10H,1-5H2/t6-,7+,8+,9+/m0/s1. The number of fused-ring (bicyclic) bond motifs is 1. The Labute approximate surface area is 61.4 Å². The van der Waals surface area contributed by atoms with Crippen LogP contribution < -0.4 is 0 Å². The van der Waals surface area contributed by atoms with E-state index >= 15 is 0 Å². The van der Waals surface area contributed by atoms with Gasteiger partial charge in [0.1, 0.15) is 0 Å². The Kier molecular flexibility index (Phi) is 0.797. The predicted octanol–water partition coefficient (Wildman–Crippen LogP) is 1.56. The van der Waals surface area contributed by atoms with Gasteiger partial charge in [-0.15, -0.1) is 0 Å². The van der Waals surface area contributed by atoms with Crippen LogP contribution >= 0.6 is 0 Å². The molecule has 0 heterocycles.